The van der Waals surface area contributed by atoms with Crippen molar-refractivity contribution in [3.8, 4) is 0 Å². The zero-order chi connectivity index (χ0) is 21.6. The predicted molar refractivity (Wildman–Crippen MR) is 111 cm³/mol. The molecular weight excluding hydrogens is 372 g/mol. The van der Waals surface area contributed by atoms with Gasteiger partial charge in [-0.1, -0.05) is 26.8 Å². The van der Waals surface area contributed by atoms with Gasteiger partial charge in [-0.05, 0) is 45.3 Å². The lowest BCUT2D eigenvalue weighted by Crippen LogP contribution is -2.41. The van der Waals surface area contributed by atoms with Crippen LogP contribution in [0.4, 0.5) is 10.1 Å². The first-order valence-corrected chi connectivity index (χ1v) is 9.59. The lowest BCUT2D eigenvalue weighted by atomic mass is 9.79. The molecule has 8 heteroatoms. The van der Waals surface area contributed by atoms with Crippen molar-refractivity contribution in [1.29, 1.82) is 0 Å². The lowest BCUT2D eigenvalue weighted by Gasteiger charge is -2.32. The number of benzene rings is 1. The fraction of sp³-hybridized carbons (Fsp3) is 0.476. The average Bonchev–Trinajstić information content (AvgIpc) is 2.83. The first-order valence-electron chi connectivity index (χ1n) is 9.59. The van der Waals surface area contributed by atoms with Gasteiger partial charge in [0.15, 0.2) is 0 Å². The highest BCUT2D eigenvalue weighted by atomic mass is 19.1. The molecule has 2 aromatic rings. The number of carbonyl (C=O) groups is 1. The molecule has 0 radical (unpaired) electrons. The van der Waals surface area contributed by atoms with Crippen LogP contribution in [-0.4, -0.2) is 34.2 Å². The van der Waals surface area contributed by atoms with Crippen molar-refractivity contribution in [2.24, 2.45) is 0 Å². The Morgan fingerprint density at radius 2 is 1.69 bits per heavy atom. The number of aromatic nitrogens is 2. The van der Waals surface area contributed by atoms with Gasteiger partial charge < -0.3 is 14.6 Å². The largest absolute Gasteiger partial charge is 0.494 e. The van der Waals surface area contributed by atoms with Gasteiger partial charge in [0.2, 0.25) is 0 Å². The normalized spacial score (nSPS) is 18.0. The third kappa shape index (κ3) is 4.33. The predicted octanol–water partition coefficient (Wildman–Crippen LogP) is 3.46. The van der Waals surface area contributed by atoms with E-state index in [4.69, 9.17) is 9.31 Å². The van der Waals surface area contributed by atoms with E-state index in [1.807, 2.05) is 48.5 Å². The van der Waals surface area contributed by atoms with Gasteiger partial charge in [-0.3, -0.25) is 9.78 Å². The third-order valence-electron chi connectivity index (χ3n) is 5.42. The number of carbonyl (C=O) groups excluding carboxylic acids is 1. The Labute approximate surface area is 171 Å². The average molecular weight is 399 g/mol. The number of hydrogen-bond donors (Lipinski definition) is 1. The third-order valence-corrected chi connectivity index (χ3v) is 5.42. The van der Waals surface area contributed by atoms with E-state index in [2.05, 4.69) is 15.3 Å². The summed E-state index contributed by atoms with van der Waals surface area (Å²) < 4.78 is 26.3. The van der Waals surface area contributed by atoms with Gasteiger partial charge >= 0.3 is 7.12 Å². The Balaban J connectivity index is 1.80. The van der Waals surface area contributed by atoms with E-state index >= 15 is 0 Å². The molecule has 29 heavy (non-hydrogen) atoms. The second-order valence-electron chi connectivity index (χ2n) is 9.32. The monoisotopic (exact) mass is 399 g/mol. The van der Waals surface area contributed by atoms with Crippen molar-refractivity contribution in [2.75, 3.05) is 5.32 Å². The van der Waals surface area contributed by atoms with E-state index in [9.17, 15) is 9.18 Å². The molecule has 2 heterocycles. The Kier molecular flexibility index (Phi) is 5.30. The van der Waals surface area contributed by atoms with Gasteiger partial charge in [-0.15, -0.1) is 0 Å². The maximum Gasteiger partial charge on any atom is 0.494 e. The standard InChI is InChI=1S/C21H27BFN3O3/c1-19(2,3)17-12-24-16(11-25-17)18(27)26-15-10-13(8-9-14(15)23)22-28-20(4,5)21(6,7)29-22/h8-12H,1-7H3,(H,26,27). The molecule has 1 aromatic heterocycles. The van der Waals surface area contributed by atoms with Crippen molar-refractivity contribution in [3.05, 3.63) is 47.8 Å². The molecule has 1 N–H and O–H groups in total. The number of hydrogen-bond acceptors (Lipinski definition) is 5. The molecule has 0 unspecified atom stereocenters. The van der Waals surface area contributed by atoms with Crippen LogP contribution in [0.25, 0.3) is 0 Å². The molecule has 0 saturated carbocycles. The summed E-state index contributed by atoms with van der Waals surface area (Å²) >= 11 is 0. The Hall–Kier alpha value is -2.32. The molecule has 0 atom stereocenters. The van der Waals surface area contributed by atoms with E-state index in [0.717, 1.165) is 5.69 Å². The number of halogens is 1. The topological polar surface area (TPSA) is 73.3 Å². The molecule has 6 nitrogen and oxygen atoms in total. The Morgan fingerprint density at radius 3 is 2.21 bits per heavy atom. The molecule has 154 valence electrons. The summed E-state index contributed by atoms with van der Waals surface area (Å²) in [5.41, 5.74) is 0.324. The molecule has 1 saturated heterocycles. The van der Waals surface area contributed by atoms with Gasteiger partial charge in [-0.2, -0.15) is 0 Å². The lowest BCUT2D eigenvalue weighted by molar-refractivity contribution is 0.00578. The highest BCUT2D eigenvalue weighted by Crippen LogP contribution is 2.36. The SMILES string of the molecule is CC(C)(C)c1cnc(C(=O)Nc2cc(B3OC(C)(C)C(C)(C)O3)ccc2F)cn1. The van der Waals surface area contributed by atoms with Crippen LogP contribution in [0.15, 0.2) is 30.6 Å². The molecule has 3 rings (SSSR count). The minimum atomic E-state index is -0.651. The van der Waals surface area contributed by atoms with Gasteiger partial charge in [0, 0.05) is 11.6 Å². The van der Waals surface area contributed by atoms with E-state index in [0.29, 0.717) is 5.46 Å². The van der Waals surface area contributed by atoms with Crippen LogP contribution in [0.3, 0.4) is 0 Å². The van der Waals surface area contributed by atoms with Crippen LogP contribution in [0.1, 0.15) is 64.6 Å². The minimum Gasteiger partial charge on any atom is -0.399 e. The number of nitrogens with zero attached hydrogens (tertiary/aromatic N) is 2. The maximum absolute atomic E-state index is 14.3. The maximum atomic E-state index is 14.3. The Bertz CT molecular complexity index is 908. The molecule has 0 aliphatic carbocycles. The summed E-state index contributed by atoms with van der Waals surface area (Å²) in [5.74, 6) is -1.10. The van der Waals surface area contributed by atoms with Crippen LogP contribution in [0, 0.1) is 5.82 Å². The van der Waals surface area contributed by atoms with Gasteiger partial charge in [0.25, 0.3) is 5.91 Å². The fourth-order valence-electron chi connectivity index (χ4n) is 2.78. The van der Waals surface area contributed by atoms with Crippen molar-refractivity contribution in [3.63, 3.8) is 0 Å². The minimum absolute atomic E-state index is 0.0314. The quantitative estimate of drug-likeness (QED) is 0.801. The van der Waals surface area contributed by atoms with E-state index in [1.54, 1.807) is 12.3 Å². The summed E-state index contributed by atoms with van der Waals surface area (Å²) in [5, 5.41) is 2.56. The molecule has 1 aliphatic rings. The fourth-order valence-corrected chi connectivity index (χ4v) is 2.78. The van der Waals surface area contributed by atoms with Crippen LogP contribution in [-0.2, 0) is 14.7 Å². The van der Waals surface area contributed by atoms with E-state index in [1.165, 1.54) is 18.3 Å². The van der Waals surface area contributed by atoms with Gasteiger partial charge in [0.05, 0.1) is 28.8 Å². The number of anilines is 1. The molecule has 1 fully saturated rings. The first-order chi connectivity index (χ1) is 13.3. The number of amides is 1. The zero-order valence-corrected chi connectivity index (χ0v) is 18.0. The Morgan fingerprint density at radius 1 is 1.07 bits per heavy atom. The molecule has 1 amide bonds. The molecule has 1 aromatic carbocycles. The molecule has 1 aliphatic heterocycles. The van der Waals surface area contributed by atoms with E-state index in [-0.39, 0.29) is 16.8 Å². The second-order valence-corrected chi connectivity index (χ2v) is 9.32. The van der Waals surface area contributed by atoms with Gasteiger partial charge in [0.1, 0.15) is 11.5 Å². The zero-order valence-electron chi connectivity index (χ0n) is 18.0. The second kappa shape index (κ2) is 7.18. The number of nitrogens with one attached hydrogen (secondary N) is 1. The highest BCUT2D eigenvalue weighted by Gasteiger charge is 2.51. The van der Waals surface area contributed by atoms with Gasteiger partial charge in [-0.25, -0.2) is 9.37 Å². The van der Waals surface area contributed by atoms with Crippen LogP contribution in [0.5, 0.6) is 0 Å². The van der Waals surface area contributed by atoms with Crippen LogP contribution < -0.4 is 10.8 Å². The molecule has 0 bridgehead atoms. The summed E-state index contributed by atoms with van der Waals surface area (Å²) in [6.07, 6.45) is 2.96. The van der Waals surface area contributed by atoms with Crippen molar-refractivity contribution < 1.29 is 18.5 Å². The molecular formula is C21H27BFN3O3. The summed E-state index contributed by atoms with van der Waals surface area (Å²) in [7, 11) is -0.651. The van der Waals surface area contributed by atoms with E-state index < -0.39 is 30.0 Å². The first kappa shape index (κ1) is 21.4. The molecule has 0 spiro atoms. The van der Waals surface area contributed by atoms with Crippen molar-refractivity contribution in [1.82, 2.24) is 9.97 Å². The smallest absolute Gasteiger partial charge is 0.399 e. The van der Waals surface area contributed by atoms with Crippen molar-refractivity contribution >= 4 is 24.2 Å². The summed E-state index contributed by atoms with van der Waals surface area (Å²) in [4.78, 5) is 21.0. The van der Waals surface area contributed by atoms with Crippen molar-refractivity contribution in [2.45, 2.75) is 65.1 Å². The summed E-state index contributed by atoms with van der Waals surface area (Å²) in [6, 6.07) is 4.39. The number of rotatable bonds is 3. The van der Waals surface area contributed by atoms with Crippen LogP contribution >= 0.6 is 0 Å². The summed E-state index contributed by atoms with van der Waals surface area (Å²) in [6.45, 7) is 13.8. The van der Waals surface area contributed by atoms with Crippen LogP contribution in [0.2, 0.25) is 0 Å². The highest BCUT2D eigenvalue weighted by molar-refractivity contribution is 6.62.